The van der Waals surface area contributed by atoms with Gasteiger partial charge in [-0.05, 0) is 42.2 Å². The van der Waals surface area contributed by atoms with Crippen LogP contribution in [0.1, 0.15) is 41.3 Å². The summed E-state index contributed by atoms with van der Waals surface area (Å²) < 4.78 is 5.33. The third-order valence-corrected chi connectivity index (χ3v) is 3.79. The fourth-order valence-corrected chi connectivity index (χ4v) is 2.33. The highest BCUT2D eigenvalue weighted by Crippen LogP contribution is 2.25. The van der Waals surface area contributed by atoms with Crippen molar-refractivity contribution in [1.29, 1.82) is 0 Å². The first kappa shape index (κ1) is 15.8. The smallest absolute Gasteiger partial charge is 0.345 e. The lowest BCUT2D eigenvalue weighted by Gasteiger charge is -2.11. The van der Waals surface area contributed by atoms with Crippen molar-refractivity contribution in [3.63, 3.8) is 0 Å². The molecule has 0 saturated heterocycles. The minimum atomic E-state index is -0.516. The number of pyridine rings is 1. The van der Waals surface area contributed by atoms with E-state index in [1.54, 1.807) is 6.07 Å². The van der Waals surface area contributed by atoms with E-state index >= 15 is 0 Å². The Labute approximate surface area is 133 Å². The van der Waals surface area contributed by atoms with Crippen LogP contribution in [-0.4, -0.2) is 11.0 Å². The van der Waals surface area contributed by atoms with Crippen LogP contribution in [0, 0.1) is 6.92 Å². The van der Waals surface area contributed by atoms with E-state index < -0.39 is 5.97 Å². The summed E-state index contributed by atoms with van der Waals surface area (Å²) >= 11 is 11.6. The largest absolute Gasteiger partial charge is 0.423 e. The molecule has 3 nitrogen and oxygen atoms in total. The summed E-state index contributed by atoms with van der Waals surface area (Å²) in [6, 6.07) is 7.04. The Morgan fingerprint density at radius 2 is 1.95 bits per heavy atom. The van der Waals surface area contributed by atoms with Crippen LogP contribution < -0.4 is 4.74 Å². The van der Waals surface area contributed by atoms with Gasteiger partial charge >= 0.3 is 5.97 Å². The van der Waals surface area contributed by atoms with E-state index in [0.717, 1.165) is 5.56 Å². The van der Waals surface area contributed by atoms with Crippen LogP contribution >= 0.6 is 23.2 Å². The average Bonchev–Trinajstić information content (AvgIpc) is 2.41. The lowest BCUT2D eigenvalue weighted by Crippen LogP contribution is -2.09. The summed E-state index contributed by atoms with van der Waals surface area (Å²) in [6.45, 7) is 6.23. The number of hydrogen-bond acceptors (Lipinski definition) is 3. The van der Waals surface area contributed by atoms with Crippen LogP contribution in [0.5, 0.6) is 5.75 Å². The van der Waals surface area contributed by atoms with Crippen molar-refractivity contribution >= 4 is 29.2 Å². The van der Waals surface area contributed by atoms with E-state index in [9.17, 15) is 4.79 Å². The van der Waals surface area contributed by atoms with Crippen molar-refractivity contribution < 1.29 is 9.53 Å². The highest BCUT2D eigenvalue weighted by molar-refractivity contribution is 6.41. The monoisotopic (exact) mass is 323 g/mol. The predicted octanol–water partition coefficient (Wildman–Crippen LogP) is 5.04. The van der Waals surface area contributed by atoms with Gasteiger partial charge in [0, 0.05) is 6.20 Å². The summed E-state index contributed by atoms with van der Waals surface area (Å²) in [5.41, 5.74) is 2.57. The van der Waals surface area contributed by atoms with Crippen molar-refractivity contribution in [2.45, 2.75) is 26.7 Å². The van der Waals surface area contributed by atoms with Gasteiger partial charge in [-0.3, -0.25) is 0 Å². The lowest BCUT2D eigenvalue weighted by molar-refractivity contribution is 0.0734. The molecule has 0 bridgehead atoms. The maximum atomic E-state index is 12.0. The van der Waals surface area contributed by atoms with E-state index in [0.29, 0.717) is 11.7 Å². The van der Waals surface area contributed by atoms with Crippen molar-refractivity contribution in [2.24, 2.45) is 0 Å². The molecule has 0 saturated carbocycles. The molecule has 0 aliphatic rings. The van der Waals surface area contributed by atoms with E-state index in [1.165, 1.54) is 17.8 Å². The SMILES string of the molecule is Cc1cc(OC(=O)c2cnc(Cl)c(Cl)c2)ccc1C(C)C. The van der Waals surface area contributed by atoms with Gasteiger partial charge in [0.05, 0.1) is 10.6 Å². The normalized spacial score (nSPS) is 10.8. The maximum Gasteiger partial charge on any atom is 0.345 e. The molecule has 0 amide bonds. The Morgan fingerprint density at radius 3 is 2.52 bits per heavy atom. The Morgan fingerprint density at radius 1 is 1.24 bits per heavy atom. The lowest BCUT2D eigenvalue weighted by atomic mass is 9.98. The second-order valence-electron chi connectivity index (χ2n) is 5.06. The van der Waals surface area contributed by atoms with Crippen LogP contribution in [0.25, 0.3) is 0 Å². The second kappa shape index (κ2) is 6.46. The number of aromatic nitrogens is 1. The number of halogens is 2. The molecule has 2 aromatic rings. The van der Waals surface area contributed by atoms with Crippen molar-refractivity contribution in [1.82, 2.24) is 4.98 Å². The highest BCUT2D eigenvalue weighted by Gasteiger charge is 2.13. The number of aryl methyl sites for hydroxylation is 1. The van der Waals surface area contributed by atoms with Gasteiger partial charge in [-0.2, -0.15) is 0 Å². The average molecular weight is 324 g/mol. The minimum absolute atomic E-state index is 0.158. The fraction of sp³-hybridized carbons (Fsp3) is 0.250. The Bertz CT molecular complexity index is 684. The molecule has 5 heteroatoms. The topological polar surface area (TPSA) is 39.2 Å². The van der Waals surface area contributed by atoms with E-state index in [1.807, 2.05) is 19.1 Å². The molecular formula is C16H15Cl2NO2. The third kappa shape index (κ3) is 3.74. The van der Waals surface area contributed by atoms with E-state index in [2.05, 4.69) is 18.8 Å². The fourth-order valence-electron chi connectivity index (χ4n) is 2.06. The zero-order valence-corrected chi connectivity index (χ0v) is 13.5. The summed E-state index contributed by atoms with van der Waals surface area (Å²) in [7, 11) is 0. The third-order valence-electron chi connectivity index (χ3n) is 3.11. The molecular weight excluding hydrogens is 309 g/mol. The van der Waals surface area contributed by atoms with Crippen LogP contribution in [0.4, 0.5) is 0 Å². The van der Waals surface area contributed by atoms with Gasteiger partial charge in [-0.25, -0.2) is 9.78 Å². The molecule has 1 aromatic heterocycles. The summed E-state index contributed by atoms with van der Waals surface area (Å²) in [6.07, 6.45) is 1.34. The molecule has 0 atom stereocenters. The van der Waals surface area contributed by atoms with E-state index in [4.69, 9.17) is 27.9 Å². The van der Waals surface area contributed by atoms with Crippen LogP contribution in [0.3, 0.4) is 0 Å². The molecule has 2 rings (SSSR count). The molecule has 110 valence electrons. The van der Waals surface area contributed by atoms with Crippen LogP contribution in [-0.2, 0) is 0 Å². The van der Waals surface area contributed by atoms with Gasteiger partial charge in [-0.1, -0.05) is 43.1 Å². The number of esters is 1. The molecule has 21 heavy (non-hydrogen) atoms. The maximum absolute atomic E-state index is 12.0. The molecule has 0 aliphatic carbocycles. The molecule has 1 heterocycles. The van der Waals surface area contributed by atoms with Gasteiger partial charge in [0.1, 0.15) is 10.9 Å². The number of ether oxygens (including phenoxy) is 1. The van der Waals surface area contributed by atoms with Gasteiger partial charge in [0.25, 0.3) is 0 Å². The molecule has 0 radical (unpaired) electrons. The van der Waals surface area contributed by atoms with Crippen molar-refractivity contribution in [3.05, 3.63) is 57.3 Å². The number of carbonyl (C=O) groups is 1. The predicted molar refractivity (Wildman–Crippen MR) is 84.5 cm³/mol. The first-order chi connectivity index (χ1) is 9.88. The van der Waals surface area contributed by atoms with Gasteiger partial charge in [0.15, 0.2) is 0 Å². The first-order valence-electron chi connectivity index (χ1n) is 6.52. The molecule has 0 spiro atoms. The number of carbonyl (C=O) groups excluding carboxylic acids is 1. The highest BCUT2D eigenvalue weighted by atomic mass is 35.5. The Kier molecular flexibility index (Phi) is 4.86. The molecule has 0 fully saturated rings. The minimum Gasteiger partial charge on any atom is -0.423 e. The quantitative estimate of drug-likeness (QED) is 0.451. The van der Waals surface area contributed by atoms with Gasteiger partial charge in [-0.15, -0.1) is 0 Å². The van der Waals surface area contributed by atoms with Crippen LogP contribution in [0.2, 0.25) is 10.2 Å². The van der Waals surface area contributed by atoms with Crippen molar-refractivity contribution in [3.8, 4) is 5.75 Å². The molecule has 0 unspecified atom stereocenters. The number of rotatable bonds is 3. The zero-order chi connectivity index (χ0) is 15.6. The summed E-state index contributed by atoms with van der Waals surface area (Å²) in [4.78, 5) is 15.9. The number of nitrogens with zero attached hydrogens (tertiary/aromatic N) is 1. The zero-order valence-electron chi connectivity index (χ0n) is 12.0. The number of benzene rings is 1. The van der Waals surface area contributed by atoms with Crippen LogP contribution in [0.15, 0.2) is 30.5 Å². The summed E-state index contributed by atoms with van der Waals surface area (Å²) in [5, 5.41) is 0.378. The second-order valence-corrected chi connectivity index (χ2v) is 5.82. The molecule has 0 N–H and O–H groups in total. The van der Waals surface area contributed by atoms with Crippen molar-refractivity contribution in [2.75, 3.05) is 0 Å². The standard InChI is InChI=1S/C16H15Cl2NO2/c1-9(2)13-5-4-12(6-10(13)3)21-16(20)11-7-14(17)15(18)19-8-11/h4-9H,1-3H3. The molecule has 1 aromatic carbocycles. The van der Waals surface area contributed by atoms with E-state index in [-0.39, 0.29) is 15.7 Å². The Balaban J connectivity index is 2.19. The number of hydrogen-bond donors (Lipinski definition) is 0. The molecule has 0 aliphatic heterocycles. The van der Waals surface area contributed by atoms with Gasteiger partial charge < -0.3 is 4.74 Å². The Hall–Kier alpha value is -1.58. The first-order valence-corrected chi connectivity index (χ1v) is 7.28. The summed E-state index contributed by atoms with van der Waals surface area (Å²) in [5.74, 6) is 0.403. The van der Waals surface area contributed by atoms with Gasteiger partial charge in [0.2, 0.25) is 0 Å².